The van der Waals surface area contributed by atoms with E-state index in [1.54, 1.807) is 6.07 Å². The summed E-state index contributed by atoms with van der Waals surface area (Å²) in [5.41, 5.74) is 2.42. The lowest BCUT2D eigenvalue weighted by Gasteiger charge is -2.16. The molecule has 0 amide bonds. The predicted octanol–water partition coefficient (Wildman–Crippen LogP) is 4.56. The van der Waals surface area contributed by atoms with E-state index in [0.717, 1.165) is 16.7 Å². The molecule has 0 aliphatic carbocycles. The third-order valence-electron chi connectivity index (χ3n) is 3.25. The molecule has 3 nitrogen and oxygen atoms in total. The molecule has 4 heteroatoms. The molecule has 0 aliphatic heterocycles. The van der Waals surface area contributed by atoms with Crippen LogP contribution in [0.5, 0.6) is 0 Å². The fourth-order valence-corrected chi connectivity index (χ4v) is 3.19. The second kappa shape index (κ2) is 5.92. The predicted molar refractivity (Wildman–Crippen MR) is 85.7 cm³/mol. The number of carboxylic acid groups (broad SMARTS) is 1. The van der Waals surface area contributed by atoms with Crippen LogP contribution in [0.25, 0.3) is 10.9 Å². The zero-order valence-electron chi connectivity index (χ0n) is 12.4. The van der Waals surface area contributed by atoms with Crippen molar-refractivity contribution < 1.29 is 9.90 Å². The largest absolute Gasteiger partial charge is 0.478 e. The molecule has 0 atom stereocenters. The third-order valence-corrected chi connectivity index (χ3v) is 4.38. The van der Waals surface area contributed by atoms with Gasteiger partial charge >= 0.3 is 5.97 Å². The summed E-state index contributed by atoms with van der Waals surface area (Å²) in [6.07, 6.45) is 0. The molecule has 1 aromatic heterocycles. The molecule has 1 aromatic carbocycles. The van der Waals surface area contributed by atoms with E-state index >= 15 is 0 Å². The first-order valence-corrected chi connectivity index (χ1v) is 7.94. The van der Waals surface area contributed by atoms with Crippen molar-refractivity contribution in [1.82, 2.24) is 4.57 Å². The van der Waals surface area contributed by atoms with Crippen LogP contribution in [-0.4, -0.2) is 20.9 Å². The summed E-state index contributed by atoms with van der Waals surface area (Å²) in [6, 6.07) is 7.86. The number of rotatable bonds is 5. The number of hydrogen-bond donors (Lipinski definition) is 1. The highest BCUT2D eigenvalue weighted by molar-refractivity contribution is 7.99. The first-order valence-electron chi connectivity index (χ1n) is 6.89. The number of nitrogens with zero attached hydrogens (tertiary/aromatic N) is 1. The Kier molecular flexibility index (Phi) is 4.43. The van der Waals surface area contributed by atoms with Gasteiger partial charge in [0.25, 0.3) is 0 Å². The standard InChI is InChI=1S/C16H21NO2S/c1-10(2)17-13(9-20-11(3)4)8-12-6-5-7-14(15(12)17)16(18)19/h5-8,10-11H,9H2,1-4H3,(H,18,19). The Bertz CT molecular complexity index is 629. The van der Waals surface area contributed by atoms with Crippen molar-refractivity contribution >= 4 is 28.6 Å². The van der Waals surface area contributed by atoms with Gasteiger partial charge in [-0.3, -0.25) is 0 Å². The molecule has 2 aromatic rings. The summed E-state index contributed by atoms with van der Waals surface area (Å²) in [5, 5.41) is 11.0. The highest BCUT2D eigenvalue weighted by atomic mass is 32.2. The fourth-order valence-electron chi connectivity index (χ4n) is 2.47. The smallest absolute Gasteiger partial charge is 0.337 e. The van der Waals surface area contributed by atoms with Crippen molar-refractivity contribution in [2.75, 3.05) is 0 Å². The van der Waals surface area contributed by atoms with Crippen LogP contribution in [0.1, 0.15) is 49.8 Å². The molecule has 1 N–H and O–H groups in total. The lowest BCUT2D eigenvalue weighted by atomic mass is 10.1. The van der Waals surface area contributed by atoms with E-state index < -0.39 is 5.97 Å². The molecule has 0 unspecified atom stereocenters. The number of carbonyl (C=O) groups is 1. The SMILES string of the molecule is CC(C)SCc1cc2cccc(C(=O)O)c2n1C(C)C. The van der Waals surface area contributed by atoms with Crippen molar-refractivity contribution in [1.29, 1.82) is 0 Å². The Morgan fingerprint density at radius 3 is 2.55 bits per heavy atom. The van der Waals surface area contributed by atoms with E-state index in [4.69, 9.17) is 0 Å². The summed E-state index contributed by atoms with van der Waals surface area (Å²) < 4.78 is 2.16. The number of aromatic nitrogens is 1. The molecule has 0 bridgehead atoms. The average molecular weight is 291 g/mol. The molecule has 0 radical (unpaired) electrons. The fraction of sp³-hybridized carbons (Fsp3) is 0.438. The van der Waals surface area contributed by atoms with Gasteiger partial charge in [-0.1, -0.05) is 26.0 Å². The molecule has 2 rings (SSSR count). The molecule has 0 saturated heterocycles. The van der Waals surface area contributed by atoms with Crippen LogP contribution in [0.3, 0.4) is 0 Å². The second-order valence-electron chi connectivity index (χ2n) is 5.51. The molecule has 0 fully saturated rings. The Morgan fingerprint density at radius 2 is 2.00 bits per heavy atom. The highest BCUT2D eigenvalue weighted by Gasteiger charge is 2.17. The molecule has 0 saturated carbocycles. The van der Waals surface area contributed by atoms with Gasteiger partial charge in [-0.15, -0.1) is 0 Å². The van der Waals surface area contributed by atoms with Gasteiger partial charge in [-0.2, -0.15) is 11.8 Å². The van der Waals surface area contributed by atoms with Crippen LogP contribution in [0.2, 0.25) is 0 Å². The Labute approximate surface area is 124 Å². The third kappa shape index (κ3) is 2.85. The van der Waals surface area contributed by atoms with E-state index in [1.165, 1.54) is 5.69 Å². The van der Waals surface area contributed by atoms with E-state index in [1.807, 2.05) is 23.9 Å². The van der Waals surface area contributed by atoms with Gasteiger partial charge in [0.05, 0.1) is 11.1 Å². The monoisotopic (exact) mass is 291 g/mol. The normalized spacial score (nSPS) is 11.7. The summed E-state index contributed by atoms with van der Waals surface area (Å²) in [7, 11) is 0. The molecule has 20 heavy (non-hydrogen) atoms. The van der Waals surface area contributed by atoms with E-state index in [-0.39, 0.29) is 6.04 Å². The van der Waals surface area contributed by atoms with E-state index in [2.05, 4.69) is 38.3 Å². The summed E-state index contributed by atoms with van der Waals surface area (Å²) in [5.74, 6) is 0.0440. The molecular formula is C16H21NO2S. The lowest BCUT2D eigenvalue weighted by Crippen LogP contribution is -2.08. The maximum Gasteiger partial charge on any atom is 0.337 e. The zero-order valence-corrected chi connectivity index (χ0v) is 13.2. The van der Waals surface area contributed by atoms with Crippen LogP contribution < -0.4 is 0 Å². The van der Waals surface area contributed by atoms with Gasteiger partial charge in [0.15, 0.2) is 0 Å². The van der Waals surface area contributed by atoms with Crippen LogP contribution in [-0.2, 0) is 5.75 Å². The Hall–Kier alpha value is -1.42. The first-order chi connectivity index (χ1) is 9.41. The van der Waals surface area contributed by atoms with Gasteiger partial charge in [-0.05, 0) is 31.2 Å². The number of fused-ring (bicyclic) bond motifs is 1. The van der Waals surface area contributed by atoms with Crippen LogP contribution >= 0.6 is 11.8 Å². The molecule has 0 aliphatic rings. The lowest BCUT2D eigenvalue weighted by molar-refractivity contribution is 0.0698. The molecule has 1 heterocycles. The minimum absolute atomic E-state index is 0.246. The number of aromatic carboxylic acids is 1. The van der Waals surface area contributed by atoms with Crippen molar-refractivity contribution in [3.8, 4) is 0 Å². The first kappa shape index (κ1) is 15.0. The minimum Gasteiger partial charge on any atom is -0.478 e. The van der Waals surface area contributed by atoms with Gasteiger partial charge in [0.2, 0.25) is 0 Å². The minimum atomic E-state index is -0.862. The number of para-hydroxylation sites is 1. The van der Waals surface area contributed by atoms with Crippen molar-refractivity contribution in [2.45, 2.75) is 44.7 Å². The summed E-state index contributed by atoms with van der Waals surface area (Å²) >= 11 is 1.88. The highest BCUT2D eigenvalue weighted by Crippen LogP contribution is 2.30. The Balaban J connectivity index is 2.62. The summed E-state index contributed by atoms with van der Waals surface area (Å²) in [4.78, 5) is 11.4. The number of hydrogen-bond acceptors (Lipinski definition) is 2. The van der Waals surface area contributed by atoms with Gasteiger partial charge < -0.3 is 9.67 Å². The number of thioether (sulfide) groups is 1. The molecule has 108 valence electrons. The van der Waals surface area contributed by atoms with Crippen LogP contribution in [0.4, 0.5) is 0 Å². The van der Waals surface area contributed by atoms with Gasteiger partial charge in [-0.25, -0.2) is 4.79 Å². The number of benzene rings is 1. The van der Waals surface area contributed by atoms with E-state index in [9.17, 15) is 9.90 Å². The van der Waals surface area contributed by atoms with Crippen LogP contribution in [0, 0.1) is 0 Å². The maximum atomic E-state index is 11.4. The quantitative estimate of drug-likeness (QED) is 0.878. The Morgan fingerprint density at radius 1 is 1.30 bits per heavy atom. The maximum absolute atomic E-state index is 11.4. The van der Waals surface area contributed by atoms with Crippen molar-refractivity contribution in [3.63, 3.8) is 0 Å². The molecular weight excluding hydrogens is 270 g/mol. The average Bonchev–Trinajstić information content (AvgIpc) is 2.73. The van der Waals surface area contributed by atoms with E-state index in [0.29, 0.717) is 10.8 Å². The van der Waals surface area contributed by atoms with Crippen molar-refractivity contribution in [2.24, 2.45) is 0 Å². The summed E-state index contributed by atoms with van der Waals surface area (Å²) in [6.45, 7) is 8.55. The van der Waals surface area contributed by atoms with Gasteiger partial charge in [0.1, 0.15) is 0 Å². The second-order valence-corrected chi connectivity index (χ2v) is 7.07. The number of carboxylic acids is 1. The van der Waals surface area contributed by atoms with Crippen LogP contribution in [0.15, 0.2) is 24.3 Å². The van der Waals surface area contributed by atoms with Gasteiger partial charge in [0, 0.05) is 22.9 Å². The molecule has 0 spiro atoms. The van der Waals surface area contributed by atoms with Crippen molar-refractivity contribution in [3.05, 3.63) is 35.5 Å². The zero-order chi connectivity index (χ0) is 14.9. The topological polar surface area (TPSA) is 42.2 Å².